The minimum atomic E-state index is 0.694. The van der Waals surface area contributed by atoms with Crippen molar-refractivity contribution in [2.45, 2.75) is 0 Å². The van der Waals surface area contributed by atoms with Crippen molar-refractivity contribution in [3.63, 3.8) is 0 Å². The predicted octanol–water partition coefficient (Wildman–Crippen LogP) is 9.36. The van der Waals surface area contributed by atoms with Gasteiger partial charge in [0, 0.05) is 34.5 Å². The van der Waals surface area contributed by atoms with Crippen LogP contribution in [0.15, 0.2) is 152 Å². The highest BCUT2D eigenvalue weighted by atomic mass is 14.9. The van der Waals surface area contributed by atoms with Crippen LogP contribution in [-0.2, 0) is 0 Å². The summed E-state index contributed by atoms with van der Waals surface area (Å²) >= 11 is 0. The van der Waals surface area contributed by atoms with Crippen LogP contribution in [0, 0.1) is 0 Å². The first-order chi connectivity index (χ1) is 19.8. The van der Waals surface area contributed by atoms with Gasteiger partial charge in [-0.15, -0.1) is 0 Å². The Kier molecular flexibility index (Phi) is 6.15. The molecule has 0 saturated heterocycles. The summed E-state index contributed by atoms with van der Waals surface area (Å²) in [6, 6.07) is 48.3. The minimum absolute atomic E-state index is 0.694. The topological polar surface area (TPSA) is 38.7 Å². The first kappa shape index (κ1) is 23.7. The van der Waals surface area contributed by atoms with Gasteiger partial charge in [-0.25, -0.2) is 9.97 Å². The summed E-state index contributed by atoms with van der Waals surface area (Å²) in [5.74, 6) is 0.694. The molecule has 0 N–H and O–H groups in total. The van der Waals surface area contributed by atoms with Gasteiger partial charge in [-0.3, -0.25) is 4.98 Å². The van der Waals surface area contributed by atoms with E-state index in [1.54, 1.807) is 6.20 Å². The van der Waals surface area contributed by atoms with Crippen LogP contribution in [0.25, 0.3) is 66.9 Å². The molecule has 0 spiro atoms. The van der Waals surface area contributed by atoms with Crippen molar-refractivity contribution in [1.29, 1.82) is 0 Å². The van der Waals surface area contributed by atoms with Crippen molar-refractivity contribution < 1.29 is 0 Å². The summed E-state index contributed by atoms with van der Waals surface area (Å²) in [7, 11) is 0. The van der Waals surface area contributed by atoms with Gasteiger partial charge in [-0.2, -0.15) is 0 Å². The van der Waals surface area contributed by atoms with Crippen LogP contribution in [0.2, 0.25) is 0 Å². The molecule has 5 aromatic carbocycles. The number of fused-ring (bicyclic) bond motifs is 1. The average Bonchev–Trinajstić information content (AvgIpc) is 3.05. The average molecular weight is 512 g/mol. The van der Waals surface area contributed by atoms with E-state index in [1.165, 1.54) is 0 Å². The van der Waals surface area contributed by atoms with E-state index in [0.717, 1.165) is 61.1 Å². The summed E-state index contributed by atoms with van der Waals surface area (Å²) in [5, 5.41) is 1.03. The predicted molar refractivity (Wildman–Crippen MR) is 165 cm³/mol. The normalized spacial score (nSPS) is 11.0. The maximum Gasteiger partial charge on any atom is 0.160 e. The van der Waals surface area contributed by atoms with Crippen molar-refractivity contribution in [3.8, 4) is 56.0 Å². The molecule has 2 heterocycles. The second kappa shape index (κ2) is 10.4. The molecule has 0 aliphatic rings. The van der Waals surface area contributed by atoms with Gasteiger partial charge < -0.3 is 0 Å². The molecule has 0 unspecified atom stereocenters. The number of hydrogen-bond donors (Lipinski definition) is 0. The molecule has 3 heteroatoms. The van der Waals surface area contributed by atoms with Crippen LogP contribution in [-0.4, -0.2) is 15.0 Å². The van der Waals surface area contributed by atoms with Crippen LogP contribution >= 0.6 is 0 Å². The largest absolute Gasteiger partial charge is 0.264 e. The van der Waals surface area contributed by atoms with E-state index >= 15 is 0 Å². The van der Waals surface area contributed by atoms with Gasteiger partial charge in [0.1, 0.15) is 0 Å². The maximum absolute atomic E-state index is 5.19. The number of rotatable bonds is 5. The molecular formula is C37H25N3. The van der Waals surface area contributed by atoms with Crippen LogP contribution in [0.4, 0.5) is 0 Å². The Morgan fingerprint density at radius 3 is 1.60 bits per heavy atom. The fourth-order valence-electron chi connectivity index (χ4n) is 5.14. The van der Waals surface area contributed by atoms with Gasteiger partial charge in [0.2, 0.25) is 0 Å². The SMILES string of the molecule is c1ccc(-c2cc(-c3cccnc3)cc(-c3nc(-c4ccccc4)c4ccc(-c5ccccc5)cc4n3)c2)cc1. The minimum Gasteiger partial charge on any atom is -0.264 e. The third-order valence-corrected chi connectivity index (χ3v) is 7.14. The zero-order valence-corrected chi connectivity index (χ0v) is 21.8. The summed E-state index contributed by atoms with van der Waals surface area (Å²) in [6.07, 6.45) is 3.70. The molecule has 3 nitrogen and oxygen atoms in total. The lowest BCUT2D eigenvalue weighted by Gasteiger charge is -2.13. The highest BCUT2D eigenvalue weighted by molar-refractivity contribution is 5.96. The molecule has 0 saturated carbocycles. The molecule has 40 heavy (non-hydrogen) atoms. The molecular weight excluding hydrogens is 486 g/mol. The van der Waals surface area contributed by atoms with E-state index in [0.29, 0.717) is 5.82 Å². The zero-order chi connectivity index (χ0) is 26.7. The van der Waals surface area contributed by atoms with Gasteiger partial charge in [0.25, 0.3) is 0 Å². The van der Waals surface area contributed by atoms with Gasteiger partial charge in [0.05, 0.1) is 11.2 Å². The molecule has 0 bridgehead atoms. The van der Waals surface area contributed by atoms with Crippen LogP contribution in [0.5, 0.6) is 0 Å². The van der Waals surface area contributed by atoms with Crippen molar-refractivity contribution >= 4 is 10.9 Å². The maximum atomic E-state index is 5.19. The van der Waals surface area contributed by atoms with Gasteiger partial charge in [-0.1, -0.05) is 103 Å². The second-order valence-corrected chi connectivity index (χ2v) is 9.77. The number of hydrogen-bond acceptors (Lipinski definition) is 3. The van der Waals surface area contributed by atoms with Crippen LogP contribution in [0.3, 0.4) is 0 Å². The monoisotopic (exact) mass is 511 g/mol. The number of pyridine rings is 1. The fourth-order valence-corrected chi connectivity index (χ4v) is 5.14. The Morgan fingerprint density at radius 2 is 0.950 bits per heavy atom. The third kappa shape index (κ3) is 4.65. The van der Waals surface area contributed by atoms with Gasteiger partial charge in [0.15, 0.2) is 5.82 Å². The number of benzene rings is 5. The molecule has 0 aliphatic carbocycles. The van der Waals surface area contributed by atoms with Crippen molar-refractivity contribution in [2.75, 3.05) is 0 Å². The summed E-state index contributed by atoms with van der Waals surface area (Å²) in [4.78, 5) is 14.7. The van der Waals surface area contributed by atoms with Gasteiger partial charge >= 0.3 is 0 Å². The highest BCUT2D eigenvalue weighted by Crippen LogP contribution is 2.35. The van der Waals surface area contributed by atoms with Crippen molar-refractivity contribution in [1.82, 2.24) is 15.0 Å². The lowest BCUT2D eigenvalue weighted by molar-refractivity contribution is 1.23. The van der Waals surface area contributed by atoms with Gasteiger partial charge in [-0.05, 0) is 64.2 Å². The Morgan fingerprint density at radius 1 is 0.375 bits per heavy atom. The highest BCUT2D eigenvalue weighted by Gasteiger charge is 2.15. The van der Waals surface area contributed by atoms with Crippen LogP contribution in [0.1, 0.15) is 0 Å². The molecule has 7 aromatic rings. The van der Waals surface area contributed by atoms with E-state index in [9.17, 15) is 0 Å². The number of aromatic nitrogens is 3. The van der Waals surface area contributed by atoms with Crippen LogP contribution < -0.4 is 0 Å². The summed E-state index contributed by atoms with van der Waals surface area (Å²) < 4.78 is 0. The number of nitrogens with zero attached hydrogens (tertiary/aromatic N) is 3. The van der Waals surface area contributed by atoms with Crippen molar-refractivity contribution in [2.24, 2.45) is 0 Å². The fraction of sp³-hybridized carbons (Fsp3) is 0. The Hall–Kier alpha value is -5.41. The van der Waals surface area contributed by atoms with E-state index in [2.05, 4.69) is 120 Å². The second-order valence-electron chi connectivity index (χ2n) is 9.77. The van der Waals surface area contributed by atoms with E-state index in [4.69, 9.17) is 9.97 Å². The Balaban J connectivity index is 1.48. The quantitative estimate of drug-likeness (QED) is 0.231. The Labute approximate surface area is 233 Å². The van der Waals surface area contributed by atoms with Crippen molar-refractivity contribution in [3.05, 3.63) is 152 Å². The third-order valence-electron chi connectivity index (χ3n) is 7.14. The molecule has 0 aliphatic heterocycles. The molecule has 0 amide bonds. The standard InChI is InChI=1S/C37H25N3/c1-4-11-26(12-5-1)29-18-19-34-35(24-29)39-37(40-36(34)28-15-8-3-9-16-28)33-22-31(27-13-6-2-7-14-27)21-32(23-33)30-17-10-20-38-25-30/h1-25H. The summed E-state index contributed by atoms with van der Waals surface area (Å²) in [5.41, 5.74) is 10.5. The van der Waals surface area contributed by atoms with E-state index in [-0.39, 0.29) is 0 Å². The molecule has 7 rings (SSSR count). The summed E-state index contributed by atoms with van der Waals surface area (Å²) in [6.45, 7) is 0. The first-order valence-corrected chi connectivity index (χ1v) is 13.4. The molecule has 188 valence electrons. The lowest BCUT2D eigenvalue weighted by atomic mass is 9.96. The molecule has 0 atom stereocenters. The smallest absolute Gasteiger partial charge is 0.160 e. The molecule has 2 aromatic heterocycles. The van der Waals surface area contributed by atoms with E-state index < -0.39 is 0 Å². The zero-order valence-electron chi connectivity index (χ0n) is 21.8. The molecule has 0 fully saturated rings. The lowest BCUT2D eigenvalue weighted by Crippen LogP contribution is -1.96. The van der Waals surface area contributed by atoms with E-state index in [1.807, 2.05) is 30.5 Å². The Bertz CT molecular complexity index is 1860. The first-order valence-electron chi connectivity index (χ1n) is 13.4. The molecule has 0 radical (unpaired) electrons.